The predicted molar refractivity (Wildman–Crippen MR) is 75.6 cm³/mol. The van der Waals surface area contributed by atoms with E-state index in [9.17, 15) is 4.79 Å². The second-order valence-electron chi connectivity index (χ2n) is 4.24. The van der Waals surface area contributed by atoms with Gasteiger partial charge in [-0.2, -0.15) is 0 Å². The molecule has 0 N–H and O–H groups in total. The van der Waals surface area contributed by atoms with Crippen LogP contribution in [0.4, 0.5) is 0 Å². The fourth-order valence-electron chi connectivity index (χ4n) is 1.88. The monoisotopic (exact) mass is 276 g/mol. The number of hydrogen-bond acceptors (Lipinski definition) is 4. The molecule has 0 atom stereocenters. The lowest BCUT2D eigenvalue weighted by molar-refractivity contribution is 0.0781. The highest BCUT2D eigenvalue weighted by atomic mass is 32.1. The first-order valence-corrected chi connectivity index (χ1v) is 6.79. The summed E-state index contributed by atoms with van der Waals surface area (Å²) in [7, 11) is 3.35. The van der Waals surface area contributed by atoms with E-state index >= 15 is 0 Å². The predicted octanol–water partition coefficient (Wildman–Crippen LogP) is 2.73. The molecule has 0 unspecified atom stereocenters. The fraction of sp³-hybridized carbons (Fsp3) is 0.286. The molecule has 0 saturated carbocycles. The van der Waals surface area contributed by atoms with Gasteiger partial charge in [0.25, 0.3) is 5.91 Å². The number of hydrogen-bond donors (Lipinski definition) is 0. The molecule has 5 heteroatoms. The fourth-order valence-corrected chi connectivity index (χ4v) is 2.55. The number of ether oxygens (including phenoxy) is 1. The Balaban J connectivity index is 2.24. The number of aryl methyl sites for hydroxylation is 1. The van der Waals surface area contributed by atoms with Crippen molar-refractivity contribution in [1.29, 1.82) is 0 Å². The average molecular weight is 276 g/mol. The van der Waals surface area contributed by atoms with E-state index in [2.05, 4.69) is 4.98 Å². The number of thiazole rings is 1. The minimum Gasteiger partial charge on any atom is -0.496 e. The van der Waals surface area contributed by atoms with Crippen LogP contribution in [0.15, 0.2) is 29.8 Å². The first-order valence-electron chi connectivity index (χ1n) is 5.91. The molecule has 0 aliphatic rings. The molecule has 2 rings (SSSR count). The Labute approximate surface area is 116 Å². The molecule has 0 radical (unpaired) electrons. The average Bonchev–Trinajstić information content (AvgIpc) is 2.90. The molecule has 1 aromatic carbocycles. The maximum atomic E-state index is 12.5. The number of nitrogens with zero attached hydrogens (tertiary/aromatic N) is 2. The molecule has 1 aromatic heterocycles. The topological polar surface area (TPSA) is 42.4 Å². The standard InChI is InChI=1S/C14H16N2O2S/c1-10-5-4-6-11(18-3)13(10)14(17)16(2)9-12-15-7-8-19-12/h4-8H,9H2,1-3H3. The Morgan fingerprint density at radius 1 is 1.47 bits per heavy atom. The second kappa shape index (κ2) is 5.84. The molecule has 0 aliphatic carbocycles. The van der Waals surface area contributed by atoms with Gasteiger partial charge in [0.05, 0.1) is 19.2 Å². The van der Waals surface area contributed by atoms with Gasteiger partial charge in [0.1, 0.15) is 10.8 Å². The molecule has 1 amide bonds. The number of methoxy groups -OCH3 is 1. The van der Waals surface area contributed by atoms with Gasteiger partial charge in [0, 0.05) is 18.6 Å². The van der Waals surface area contributed by atoms with Gasteiger partial charge in [-0.05, 0) is 18.6 Å². The summed E-state index contributed by atoms with van der Waals surface area (Å²) < 4.78 is 5.27. The van der Waals surface area contributed by atoms with E-state index in [0.717, 1.165) is 10.6 Å². The third kappa shape index (κ3) is 2.93. The number of benzene rings is 1. The van der Waals surface area contributed by atoms with Gasteiger partial charge in [0.2, 0.25) is 0 Å². The van der Waals surface area contributed by atoms with Crippen LogP contribution in [-0.2, 0) is 6.54 Å². The van der Waals surface area contributed by atoms with Crippen molar-refractivity contribution >= 4 is 17.2 Å². The number of rotatable bonds is 4. The quantitative estimate of drug-likeness (QED) is 0.862. The largest absolute Gasteiger partial charge is 0.496 e. The zero-order valence-corrected chi connectivity index (χ0v) is 12.0. The summed E-state index contributed by atoms with van der Waals surface area (Å²) in [5, 5.41) is 2.82. The van der Waals surface area contributed by atoms with Crippen molar-refractivity contribution in [3.05, 3.63) is 45.9 Å². The van der Waals surface area contributed by atoms with Gasteiger partial charge >= 0.3 is 0 Å². The summed E-state index contributed by atoms with van der Waals surface area (Å²) >= 11 is 1.54. The maximum Gasteiger partial charge on any atom is 0.258 e. The van der Waals surface area contributed by atoms with Crippen LogP contribution in [0, 0.1) is 6.92 Å². The summed E-state index contributed by atoms with van der Waals surface area (Å²) in [4.78, 5) is 18.3. The van der Waals surface area contributed by atoms with E-state index < -0.39 is 0 Å². The molecular weight excluding hydrogens is 260 g/mol. The lowest BCUT2D eigenvalue weighted by Crippen LogP contribution is -2.27. The van der Waals surface area contributed by atoms with E-state index in [-0.39, 0.29) is 5.91 Å². The van der Waals surface area contributed by atoms with Crippen LogP contribution in [-0.4, -0.2) is 29.9 Å². The van der Waals surface area contributed by atoms with E-state index in [1.807, 2.05) is 24.4 Å². The Morgan fingerprint density at radius 3 is 2.89 bits per heavy atom. The third-order valence-electron chi connectivity index (χ3n) is 2.87. The summed E-state index contributed by atoms with van der Waals surface area (Å²) in [6, 6.07) is 5.59. The van der Waals surface area contributed by atoms with Crippen molar-refractivity contribution < 1.29 is 9.53 Å². The molecule has 100 valence electrons. The molecule has 0 bridgehead atoms. The van der Waals surface area contributed by atoms with E-state index in [1.165, 1.54) is 0 Å². The molecule has 0 spiro atoms. The third-order valence-corrected chi connectivity index (χ3v) is 3.64. The minimum absolute atomic E-state index is 0.0508. The number of carbonyl (C=O) groups is 1. The zero-order chi connectivity index (χ0) is 13.8. The molecule has 2 aromatic rings. The van der Waals surface area contributed by atoms with E-state index in [4.69, 9.17) is 4.74 Å². The molecule has 19 heavy (non-hydrogen) atoms. The van der Waals surface area contributed by atoms with Crippen LogP contribution in [0.3, 0.4) is 0 Å². The van der Waals surface area contributed by atoms with Crippen LogP contribution in [0.2, 0.25) is 0 Å². The van der Waals surface area contributed by atoms with Crippen LogP contribution in [0.25, 0.3) is 0 Å². The molecule has 0 fully saturated rings. The second-order valence-corrected chi connectivity index (χ2v) is 5.22. The van der Waals surface area contributed by atoms with Crippen LogP contribution in [0.1, 0.15) is 20.9 Å². The van der Waals surface area contributed by atoms with Crippen LogP contribution in [0.5, 0.6) is 5.75 Å². The molecular formula is C14H16N2O2S. The number of carbonyl (C=O) groups excluding carboxylic acids is 1. The Kier molecular flexibility index (Phi) is 4.16. The summed E-state index contributed by atoms with van der Waals surface area (Å²) in [6.45, 7) is 2.42. The van der Waals surface area contributed by atoms with E-state index in [0.29, 0.717) is 17.9 Å². The summed E-state index contributed by atoms with van der Waals surface area (Å²) in [6.07, 6.45) is 1.74. The number of amides is 1. The van der Waals surface area contributed by atoms with Gasteiger partial charge in [-0.3, -0.25) is 4.79 Å². The van der Waals surface area contributed by atoms with Crippen LogP contribution < -0.4 is 4.74 Å². The molecule has 1 heterocycles. The van der Waals surface area contributed by atoms with Gasteiger partial charge in [-0.1, -0.05) is 12.1 Å². The van der Waals surface area contributed by atoms with E-state index in [1.54, 1.807) is 42.7 Å². The molecule has 0 saturated heterocycles. The zero-order valence-electron chi connectivity index (χ0n) is 11.2. The van der Waals surface area contributed by atoms with Crippen molar-refractivity contribution in [2.24, 2.45) is 0 Å². The maximum absolute atomic E-state index is 12.5. The lowest BCUT2D eigenvalue weighted by atomic mass is 10.1. The van der Waals surface area contributed by atoms with Gasteiger partial charge in [-0.25, -0.2) is 4.98 Å². The van der Waals surface area contributed by atoms with Gasteiger partial charge in [0.15, 0.2) is 0 Å². The highest BCUT2D eigenvalue weighted by Gasteiger charge is 2.19. The van der Waals surface area contributed by atoms with Crippen molar-refractivity contribution in [2.75, 3.05) is 14.2 Å². The van der Waals surface area contributed by atoms with Crippen LogP contribution >= 0.6 is 11.3 Å². The summed E-state index contributed by atoms with van der Waals surface area (Å²) in [5.41, 5.74) is 1.53. The van der Waals surface area contributed by atoms with Crippen molar-refractivity contribution in [3.63, 3.8) is 0 Å². The van der Waals surface area contributed by atoms with Crippen molar-refractivity contribution in [1.82, 2.24) is 9.88 Å². The summed E-state index contributed by atoms with van der Waals surface area (Å²) in [5.74, 6) is 0.557. The Hall–Kier alpha value is -1.88. The highest BCUT2D eigenvalue weighted by molar-refractivity contribution is 7.09. The number of aromatic nitrogens is 1. The van der Waals surface area contributed by atoms with Crippen molar-refractivity contribution in [2.45, 2.75) is 13.5 Å². The van der Waals surface area contributed by atoms with Gasteiger partial charge < -0.3 is 9.64 Å². The SMILES string of the molecule is COc1cccc(C)c1C(=O)N(C)Cc1nccs1. The Bertz CT molecular complexity index is 567. The highest BCUT2D eigenvalue weighted by Crippen LogP contribution is 2.23. The van der Waals surface area contributed by atoms with Crippen molar-refractivity contribution in [3.8, 4) is 5.75 Å². The molecule has 0 aliphatic heterocycles. The first kappa shape index (κ1) is 13.5. The Morgan fingerprint density at radius 2 is 2.26 bits per heavy atom. The molecule has 4 nitrogen and oxygen atoms in total. The lowest BCUT2D eigenvalue weighted by Gasteiger charge is -2.18. The normalized spacial score (nSPS) is 10.3. The van der Waals surface area contributed by atoms with Gasteiger partial charge in [-0.15, -0.1) is 11.3 Å². The first-order chi connectivity index (χ1) is 9.13. The minimum atomic E-state index is -0.0508. The smallest absolute Gasteiger partial charge is 0.258 e.